The highest BCUT2D eigenvalue weighted by molar-refractivity contribution is 5.89. The molecule has 0 bridgehead atoms. The number of amides is 1. The van der Waals surface area contributed by atoms with Crippen molar-refractivity contribution in [3.63, 3.8) is 0 Å². The zero-order valence-corrected chi connectivity index (χ0v) is 21.7. The number of ether oxygens (including phenoxy) is 1. The van der Waals surface area contributed by atoms with Crippen LogP contribution < -0.4 is 10.1 Å². The van der Waals surface area contributed by atoms with E-state index in [0.717, 1.165) is 60.9 Å². The summed E-state index contributed by atoms with van der Waals surface area (Å²) in [6.07, 6.45) is 1.23. The van der Waals surface area contributed by atoms with Crippen molar-refractivity contribution in [1.29, 1.82) is 0 Å². The molecule has 2 aromatic carbocycles. The number of carbonyl (C=O) groups excluding carboxylic acids is 1. The minimum atomic E-state index is -0.455. The highest BCUT2D eigenvalue weighted by atomic mass is 16.5. The van der Waals surface area contributed by atoms with Gasteiger partial charge in [-0.1, -0.05) is 37.3 Å². The summed E-state index contributed by atoms with van der Waals surface area (Å²) in [6, 6.07) is 17.7. The van der Waals surface area contributed by atoms with Gasteiger partial charge >= 0.3 is 0 Å². The lowest BCUT2D eigenvalue weighted by Gasteiger charge is -2.36. The number of hydrogen-bond acceptors (Lipinski definition) is 7. The van der Waals surface area contributed by atoms with Gasteiger partial charge in [-0.2, -0.15) is 0 Å². The highest BCUT2D eigenvalue weighted by Gasteiger charge is 2.28. The average Bonchev–Trinajstić information content (AvgIpc) is 2.90. The van der Waals surface area contributed by atoms with Gasteiger partial charge in [-0.05, 0) is 57.7 Å². The molecule has 1 saturated heterocycles. The molecule has 192 valence electrons. The minimum absolute atomic E-state index is 0.0622. The third kappa shape index (κ3) is 6.92. The molecule has 8 nitrogen and oxygen atoms in total. The molecule has 1 aliphatic rings. The lowest BCUT2D eigenvalue weighted by Crippen LogP contribution is -2.52. The largest absolute Gasteiger partial charge is 0.481 e. The van der Waals surface area contributed by atoms with Crippen LogP contribution in [0, 0.1) is 0 Å². The topological polar surface area (TPSA) is 73.8 Å². The highest BCUT2D eigenvalue weighted by Crippen LogP contribution is 2.21. The number of carbonyl (C=O) groups is 1. The summed E-state index contributed by atoms with van der Waals surface area (Å²) in [4.78, 5) is 29.2. The van der Waals surface area contributed by atoms with Gasteiger partial charge in [-0.3, -0.25) is 9.69 Å². The Kier molecular flexibility index (Phi) is 9.08. The van der Waals surface area contributed by atoms with Gasteiger partial charge in [0.05, 0.1) is 12.1 Å². The van der Waals surface area contributed by atoms with E-state index in [4.69, 9.17) is 14.7 Å². The summed E-state index contributed by atoms with van der Waals surface area (Å²) in [5.41, 5.74) is 0.954. The molecule has 0 aliphatic carbocycles. The molecule has 1 aromatic heterocycles. The second-order valence-corrected chi connectivity index (χ2v) is 9.52. The lowest BCUT2D eigenvalue weighted by atomic mass is 10.2. The van der Waals surface area contributed by atoms with Crippen molar-refractivity contribution < 1.29 is 9.53 Å². The fourth-order valence-corrected chi connectivity index (χ4v) is 4.43. The number of nitrogens with one attached hydrogen (secondary N) is 1. The fraction of sp³-hybridized carbons (Fsp3) is 0.464. The average molecular weight is 491 g/mol. The van der Waals surface area contributed by atoms with Crippen molar-refractivity contribution in [3.8, 4) is 5.75 Å². The summed E-state index contributed by atoms with van der Waals surface area (Å²) in [6.45, 7) is 7.48. The Morgan fingerprint density at radius 1 is 1.03 bits per heavy atom. The molecule has 1 amide bonds. The van der Waals surface area contributed by atoms with Crippen LogP contribution in [0.2, 0.25) is 0 Å². The van der Waals surface area contributed by atoms with Crippen molar-refractivity contribution in [2.24, 2.45) is 0 Å². The van der Waals surface area contributed by atoms with Crippen LogP contribution in [0.5, 0.6) is 5.75 Å². The van der Waals surface area contributed by atoms with E-state index >= 15 is 0 Å². The van der Waals surface area contributed by atoms with Gasteiger partial charge in [0.2, 0.25) is 0 Å². The smallest absolute Gasteiger partial charge is 0.263 e. The predicted octanol–water partition coefficient (Wildman–Crippen LogP) is 3.50. The number of anilines is 1. The molecule has 2 heterocycles. The van der Waals surface area contributed by atoms with E-state index in [-0.39, 0.29) is 5.91 Å². The summed E-state index contributed by atoms with van der Waals surface area (Å²) in [5.74, 6) is 2.50. The van der Waals surface area contributed by atoms with Crippen LogP contribution in [-0.2, 0) is 11.3 Å². The molecule has 1 fully saturated rings. The molecular weight excluding hydrogens is 452 g/mol. The van der Waals surface area contributed by atoms with Crippen molar-refractivity contribution >= 4 is 22.6 Å². The van der Waals surface area contributed by atoms with Crippen LogP contribution in [0.3, 0.4) is 0 Å². The number of fused-ring (bicyclic) bond motifs is 1. The summed E-state index contributed by atoms with van der Waals surface area (Å²) >= 11 is 0. The fourth-order valence-electron chi connectivity index (χ4n) is 4.43. The number of nitrogens with zero attached hydrogens (tertiary/aromatic N) is 5. The lowest BCUT2D eigenvalue weighted by molar-refractivity contribution is -0.140. The maximum atomic E-state index is 13.1. The number of piperazine rings is 1. The van der Waals surface area contributed by atoms with E-state index in [1.54, 1.807) is 0 Å². The minimum Gasteiger partial charge on any atom is -0.481 e. The zero-order valence-electron chi connectivity index (χ0n) is 21.7. The van der Waals surface area contributed by atoms with Crippen LogP contribution in [0.25, 0.3) is 10.9 Å². The Morgan fingerprint density at radius 3 is 2.47 bits per heavy atom. The summed E-state index contributed by atoms with van der Waals surface area (Å²) in [7, 11) is 4.18. The molecule has 0 radical (unpaired) electrons. The monoisotopic (exact) mass is 490 g/mol. The molecule has 36 heavy (non-hydrogen) atoms. The number of para-hydroxylation sites is 2. The van der Waals surface area contributed by atoms with Crippen LogP contribution in [0.1, 0.15) is 25.6 Å². The second-order valence-electron chi connectivity index (χ2n) is 9.52. The van der Waals surface area contributed by atoms with Crippen molar-refractivity contribution in [1.82, 2.24) is 24.7 Å². The van der Waals surface area contributed by atoms with Crippen LogP contribution in [0.15, 0.2) is 54.6 Å². The quantitative estimate of drug-likeness (QED) is 0.413. The predicted molar refractivity (Wildman–Crippen MR) is 144 cm³/mol. The van der Waals surface area contributed by atoms with Crippen LogP contribution >= 0.6 is 0 Å². The Bertz CT molecular complexity index is 1120. The van der Waals surface area contributed by atoms with Gasteiger partial charge < -0.3 is 19.9 Å². The Morgan fingerprint density at radius 2 is 1.75 bits per heavy atom. The molecule has 8 heteroatoms. The molecule has 0 spiro atoms. The zero-order chi connectivity index (χ0) is 25.3. The molecule has 1 aliphatic heterocycles. The first-order valence-corrected chi connectivity index (χ1v) is 12.9. The molecule has 1 atom stereocenters. The molecular formula is C28H38N6O2. The Labute approximate surface area is 214 Å². The first kappa shape index (κ1) is 25.9. The van der Waals surface area contributed by atoms with E-state index in [0.29, 0.717) is 26.1 Å². The molecule has 4 rings (SSSR count). The van der Waals surface area contributed by atoms with E-state index in [1.807, 2.05) is 60.4 Å². The first-order chi connectivity index (χ1) is 17.5. The molecule has 1 unspecified atom stereocenters. The van der Waals surface area contributed by atoms with Gasteiger partial charge in [0.1, 0.15) is 17.4 Å². The summed E-state index contributed by atoms with van der Waals surface area (Å²) < 4.78 is 5.97. The third-order valence-electron chi connectivity index (χ3n) is 6.44. The van der Waals surface area contributed by atoms with E-state index in [9.17, 15) is 4.79 Å². The standard InChI is InChI=1S/C28H38N6O2/c1-4-25(36-22-11-6-5-7-12-22)28(35)34-19-17-33(18-20-34)21-26-30-24-14-9-8-13-23(24)27(31-26)29-15-10-16-32(2)3/h5-9,11-14,25H,4,10,15-21H2,1-3H3,(H,29,30,31). The second kappa shape index (κ2) is 12.6. The van der Waals surface area contributed by atoms with Gasteiger partial charge in [-0.15, -0.1) is 0 Å². The molecule has 0 saturated carbocycles. The Balaban J connectivity index is 1.35. The van der Waals surface area contributed by atoms with Crippen molar-refractivity contribution in [3.05, 3.63) is 60.4 Å². The van der Waals surface area contributed by atoms with Crippen LogP contribution in [0.4, 0.5) is 5.82 Å². The number of benzene rings is 2. The van der Waals surface area contributed by atoms with Crippen molar-refractivity contribution in [2.75, 3.05) is 58.7 Å². The van der Waals surface area contributed by atoms with E-state index in [1.165, 1.54) is 0 Å². The third-order valence-corrected chi connectivity index (χ3v) is 6.44. The van der Waals surface area contributed by atoms with Crippen LogP contribution in [-0.4, -0.2) is 90.0 Å². The maximum Gasteiger partial charge on any atom is 0.263 e. The maximum absolute atomic E-state index is 13.1. The summed E-state index contributed by atoms with van der Waals surface area (Å²) in [5, 5.41) is 4.57. The van der Waals surface area contributed by atoms with Gasteiger partial charge in [0.15, 0.2) is 6.10 Å². The van der Waals surface area contributed by atoms with Gasteiger partial charge in [0, 0.05) is 38.1 Å². The first-order valence-electron chi connectivity index (χ1n) is 12.9. The van der Waals surface area contributed by atoms with E-state index < -0.39 is 6.10 Å². The Hall–Kier alpha value is -3.23. The van der Waals surface area contributed by atoms with E-state index in [2.05, 4.69) is 35.3 Å². The SMILES string of the molecule is CCC(Oc1ccccc1)C(=O)N1CCN(Cc2nc(NCCCN(C)C)c3ccccc3n2)CC1. The van der Waals surface area contributed by atoms with Crippen molar-refractivity contribution in [2.45, 2.75) is 32.4 Å². The normalized spacial score (nSPS) is 15.3. The molecule has 1 N–H and O–H groups in total. The number of aromatic nitrogens is 2. The van der Waals surface area contributed by atoms with Gasteiger partial charge in [0.25, 0.3) is 5.91 Å². The number of rotatable bonds is 11. The number of hydrogen-bond donors (Lipinski definition) is 1. The molecule has 3 aromatic rings. The van der Waals surface area contributed by atoms with Gasteiger partial charge in [-0.25, -0.2) is 9.97 Å².